The first kappa shape index (κ1) is 15.3. The minimum absolute atomic E-state index is 0.269. The van der Waals surface area contributed by atoms with E-state index in [0.29, 0.717) is 16.6 Å². The van der Waals surface area contributed by atoms with Crippen LogP contribution < -0.4 is 10.1 Å². The van der Waals surface area contributed by atoms with Gasteiger partial charge in [-0.2, -0.15) is 0 Å². The van der Waals surface area contributed by atoms with Crippen molar-refractivity contribution < 1.29 is 9.53 Å². The van der Waals surface area contributed by atoms with E-state index < -0.39 is 6.10 Å². The maximum atomic E-state index is 12.1. The third kappa shape index (κ3) is 3.95. The summed E-state index contributed by atoms with van der Waals surface area (Å²) in [6.07, 6.45) is 1.04. The molecular formula is C16H17ClN2O2. The molecular weight excluding hydrogens is 288 g/mol. The van der Waals surface area contributed by atoms with E-state index in [-0.39, 0.29) is 5.91 Å². The number of ether oxygens (including phenoxy) is 1. The highest BCUT2D eigenvalue weighted by Gasteiger charge is 2.17. The maximum Gasteiger partial charge on any atom is 0.266 e. The van der Waals surface area contributed by atoms with Gasteiger partial charge >= 0.3 is 0 Å². The number of nitrogens with zero attached hydrogens (tertiary/aromatic N) is 1. The fourth-order valence-corrected chi connectivity index (χ4v) is 2.03. The van der Waals surface area contributed by atoms with E-state index in [4.69, 9.17) is 16.3 Å². The predicted molar refractivity (Wildman–Crippen MR) is 83.9 cm³/mol. The van der Waals surface area contributed by atoms with Gasteiger partial charge in [-0.3, -0.25) is 4.79 Å². The van der Waals surface area contributed by atoms with Crippen LogP contribution in [0.15, 0.2) is 36.5 Å². The molecule has 0 aliphatic heterocycles. The van der Waals surface area contributed by atoms with Crippen molar-refractivity contribution in [2.75, 3.05) is 5.32 Å². The van der Waals surface area contributed by atoms with Gasteiger partial charge in [0.1, 0.15) is 11.6 Å². The van der Waals surface area contributed by atoms with Crippen molar-refractivity contribution in [3.05, 3.63) is 52.7 Å². The monoisotopic (exact) mass is 304 g/mol. The number of carbonyl (C=O) groups excluding carboxylic acids is 1. The lowest BCUT2D eigenvalue weighted by atomic mass is 10.2. The van der Waals surface area contributed by atoms with Crippen molar-refractivity contribution in [2.45, 2.75) is 26.9 Å². The number of nitrogens with one attached hydrogen (secondary N) is 1. The summed E-state index contributed by atoms with van der Waals surface area (Å²) in [5.41, 5.74) is 1.96. The van der Waals surface area contributed by atoms with Crippen LogP contribution in [-0.4, -0.2) is 17.0 Å². The molecule has 2 rings (SSSR count). The summed E-state index contributed by atoms with van der Waals surface area (Å²) in [6.45, 7) is 5.52. The molecule has 0 saturated heterocycles. The Morgan fingerprint density at radius 1 is 1.33 bits per heavy atom. The molecule has 0 aliphatic rings. The molecule has 5 heteroatoms. The summed E-state index contributed by atoms with van der Waals surface area (Å²) in [4.78, 5) is 16.4. The molecule has 0 saturated carbocycles. The van der Waals surface area contributed by atoms with Crippen molar-refractivity contribution in [3.8, 4) is 5.75 Å². The lowest BCUT2D eigenvalue weighted by Gasteiger charge is -2.16. The first-order valence-electron chi connectivity index (χ1n) is 6.62. The van der Waals surface area contributed by atoms with Crippen molar-refractivity contribution in [2.24, 2.45) is 0 Å². The van der Waals surface area contributed by atoms with E-state index in [0.717, 1.165) is 11.1 Å². The van der Waals surface area contributed by atoms with Crippen LogP contribution in [0, 0.1) is 13.8 Å². The van der Waals surface area contributed by atoms with Crippen molar-refractivity contribution in [1.29, 1.82) is 0 Å². The second-order valence-electron chi connectivity index (χ2n) is 4.86. The summed E-state index contributed by atoms with van der Waals surface area (Å²) in [5, 5.41) is 3.23. The summed E-state index contributed by atoms with van der Waals surface area (Å²) in [6, 6.07) is 9.01. The summed E-state index contributed by atoms with van der Waals surface area (Å²) in [5.74, 6) is 0.755. The first-order chi connectivity index (χ1) is 9.97. The first-order valence-corrected chi connectivity index (χ1v) is 7.00. The Morgan fingerprint density at radius 2 is 2.05 bits per heavy atom. The normalized spacial score (nSPS) is 11.8. The SMILES string of the molecule is Cc1cnc(NC(=O)C(C)Oc2ccccc2Cl)c(C)c1. The van der Waals surface area contributed by atoms with Crippen LogP contribution in [0.4, 0.5) is 5.82 Å². The molecule has 1 heterocycles. The number of benzene rings is 1. The number of halogens is 1. The summed E-state index contributed by atoms with van der Waals surface area (Å²) >= 11 is 6.01. The van der Waals surface area contributed by atoms with Gasteiger partial charge in [0.15, 0.2) is 6.10 Å². The highest BCUT2D eigenvalue weighted by Crippen LogP contribution is 2.24. The Bertz CT molecular complexity index is 658. The summed E-state index contributed by atoms with van der Waals surface area (Å²) < 4.78 is 5.57. The zero-order valence-corrected chi connectivity index (χ0v) is 12.9. The molecule has 0 spiro atoms. The quantitative estimate of drug-likeness (QED) is 0.935. The number of pyridine rings is 1. The van der Waals surface area contributed by atoms with Gasteiger partial charge in [-0.05, 0) is 44.0 Å². The van der Waals surface area contributed by atoms with E-state index in [1.165, 1.54) is 0 Å². The van der Waals surface area contributed by atoms with Crippen LogP contribution in [0.25, 0.3) is 0 Å². The average molecular weight is 305 g/mol. The Hall–Kier alpha value is -2.07. The molecule has 1 unspecified atom stereocenters. The maximum absolute atomic E-state index is 12.1. The molecule has 4 nitrogen and oxygen atoms in total. The molecule has 1 aromatic heterocycles. The van der Waals surface area contributed by atoms with Gasteiger partial charge in [-0.1, -0.05) is 29.8 Å². The number of carbonyl (C=O) groups is 1. The van der Waals surface area contributed by atoms with Crippen LogP contribution >= 0.6 is 11.6 Å². The van der Waals surface area contributed by atoms with Gasteiger partial charge < -0.3 is 10.1 Å². The van der Waals surface area contributed by atoms with E-state index in [9.17, 15) is 4.79 Å². The van der Waals surface area contributed by atoms with E-state index in [1.54, 1.807) is 37.4 Å². The molecule has 2 aromatic rings. The number of aryl methyl sites for hydroxylation is 2. The largest absolute Gasteiger partial charge is 0.479 e. The molecule has 1 atom stereocenters. The number of amides is 1. The molecule has 0 aliphatic carbocycles. The van der Waals surface area contributed by atoms with E-state index in [1.807, 2.05) is 19.9 Å². The molecule has 110 valence electrons. The van der Waals surface area contributed by atoms with E-state index >= 15 is 0 Å². The summed E-state index contributed by atoms with van der Waals surface area (Å²) in [7, 11) is 0. The second kappa shape index (κ2) is 6.59. The number of hydrogen-bond donors (Lipinski definition) is 1. The number of aromatic nitrogens is 1. The molecule has 1 amide bonds. The van der Waals surface area contributed by atoms with Gasteiger partial charge in [0, 0.05) is 6.20 Å². The lowest BCUT2D eigenvalue weighted by molar-refractivity contribution is -0.122. The van der Waals surface area contributed by atoms with Crippen LogP contribution in [0.3, 0.4) is 0 Å². The van der Waals surface area contributed by atoms with Gasteiger partial charge in [-0.15, -0.1) is 0 Å². The molecule has 1 N–H and O–H groups in total. The smallest absolute Gasteiger partial charge is 0.266 e. The highest BCUT2D eigenvalue weighted by molar-refractivity contribution is 6.32. The minimum atomic E-state index is -0.674. The standard InChI is InChI=1S/C16H17ClN2O2/c1-10-8-11(2)15(18-9-10)19-16(20)12(3)21-14-7-5-4-6-13(14)17/h4-9,12H,1-3H3,(H,18,19,20). The number of rotatable bonds is 4. The topological polar surface area (TPSA) is 51.2 Å². The fourth-order valence-electron chi connectivity index (χ4n) is 1.85. The zero-order chi connectivity index (χ0) is 15.4. The Balaban J connectivity index is 2.04. The third-order valence-electron chi connectivity index (χ3n) is 2.97. The number of hydrogen-bond acceptors (Lipinski definition) is 3. The average Bonchev–Trinajstić information content (AvgIpc) is 2.44. The van der Waals surface area contributed by atoms with Gasteiger partial charge in [-0.25, -0.2) is 4.98 Å². The van der Waals surface area contributed by atoms with Crippen LogP contribution in [0.2, 0.25) is 5.02 Å². The zero-order valence-electron chi connectivity index (χ0n) is 12.2. The van der Waals surface area contributed by atoms with Crippen LogP contribution in [0.1, 0.15) is 18.1 Å². The van der Waals surface area contributed by atoms with Crippen molar-refractivity contribution in [3.63, 3.8) is 0 Å². The molecule has 1 aromatic carbocycles. The van der Waals surface area contributed by atoms with Crippen LogP contribution in [-0.2, 0) is 4.79 Å². The number of anilines is 1. The Morgan fingerprint density at radius 3 is 2.71 bits per heavy atom. The van der Waals surface area contributed by atoms with E-state index in [2.05, 4.69) is 10.3 Å². The molecule has 0 fully saturated rings. The van der Waals surface area contributed by atoms with Gasteiger partial charge in [0.05, 0.1) is 5.02 Å². The van der Waals surface area contributed by atoms with Crippen molar-refractivity contribution >= 4 is 23.3 Å². The van der Waals surface area contributed by atoms with Gasteiger partial charge in [0.2, 0.25) is 0 Å². The second-order valence-corrected chi connectivity index (χ2v) is 5.27. The lowest BCUT2D eigenvalue weighted by Crippen LogP contribution is -2.30. The fraction of sp³-hybridized carbons (Fsp3) is 0.250. The van der Waals surface area contributed by atoms with Gasteiger partial charge in [0.25, 0.3) is 5.91 Å². The predicted octanol–water partition coefficient (Wildman–Crippen LogP) is 3.76. The molecule has 0 radical (unpaired) electrons. The minimum Gasteiger partial charge on any atom is -0.479 e. The molecule has 0 bridgehead atoms. The highest BCUT2D eigenvalue weighted by atomic mass is 35.5. The Labute approximate surface area is 129 Å². The van der Waals surface area contributed by atoms with Crippen molar-refractivity contribution in [1.82, 2.24) is 4.98 Å². The van der Waals surface area contributed by atoms with Crippen LogP contribution in [0.5, 0.6) is 5.75 Å². The Kier molecular flexibility index (Phi) is 4.81. The number of para-hydroxylation sites is 1. The molecule has 21 heavy (non-hydrogen) atoms. The third-order valence-corrected chi connectivity index (χ3v) is 3.28.